The highest BCUT2D eigenvalue weighted by Gasteiger charge is 2.25. The molecule has 0 amide bonds. The van der Waals surface area contributed by atoms with Crippen molar-refractivity contribution in [3.8, 4) is 11.4 Å². The van der Waals surface area contributed by atoms with Gasteiger partial charge in [0.15, 0.2) is 0 Å². The van der Waals surface area contributed by atoms with Crippen LogP contribution in [-0.2, 0) is 11.3 Å². The largest absolute Gasteiger partial charge is 0.508 e. The Kier molecular flexibility index (Phi) is 6.99. The van der Waals surface area contributed by atoms with Crippen LogP contribution in [0.5, 0.6) is 5.75 Å². The third-order valence-electron chi connectivity index (χ3n) is 4.49. The van der Waals surface area contributed by atoms with Crippen LogP contribution >= 0.6 is 24.0 Å². The van der Waals surface area contributed by atoms with Crippen LogP contribution in [0.4, 0.5) is 0 Å². The van der Waals surface area contributed by atoms with E-state index in [2.05, 4.69) is 0 Å². The zero-order valence-corrected chi connectivity index (χ0v) is 17.9. The fourth-order valence-corrected chi connectivity index (χ4v) is 3.54. The number of benzene rings is 2. The van der Waals surface area contributed by atoms with Gasteiger partial charge in [-0.15, -0.1) is 12.4 Å². The molecule has 1 N–H and O–H groups in total. The number of carbonyl (C=O) groups is 1. The average molecular weight is 423 g/mol. The minimum absolute atomic E-state index is 0. The Bertz CT molecular complexity index is 995. The van der Waals surface area contributed by atoms with Gasteiger partial charge in [-0.1, -0.05) is 11.6 Å². The zero-order valence-electron chi connectivity index (χ0n) is 16.3. The maximum atomic E-state index is 12.8. The highest BCUT2D eigenvalue weighted by Crippen LogP contribution is 2.37. The normalized spacial score (nSPS) is 10.9. The average Bonchev–Trinajstić information content (AvgIpc) is 2.91. The summed E-state index contributed by atoms with van der Waals surface area (Å²) in [5, 5.41) is 11.9. The van der Waals surface area contributed by atoms with Crippen LogP contribution in [0.25, 0.3) is 16.6 Å². The number of phenols is 1. The molecule has 1 heterocycles. The summed E-state index contributed by atoms with van der Waals surface area (Å²) in [6, 6.07) is 10.9. The van der Waals surface area contributed by atoms with Crippen LogP contribution < -0.4 is 0 Å². The Labute approximate surface area is 175 Å². The molecular weight excluding hydrogens is 399 g/mol. The highest BCUT2D eigenvalue weighted by atomic mass is 35.5. The molecule has 0 unspecified atom stereocenters. The Morgan fingerprint density at radius 1 is 1.18 bits per heavy atom. The molecule has 0 fully saturated rings. The summed E-state index contributed by atoms with van der Waals surface area (Å²) >= 11 is 6.04. The van der Waals surface area contributed by atoms with Gasteiger partial charge in [0.25, 0.3) is 0 Å². The van der Waals surface area contributed by atoms with E-state index >= 15 is 0 Å². The number of carbonyl (C=O) groups excluding carboxylic acids is 1. The lowest BCUT2D eigenvalue weighted by Crippen LogP contribution is -2.12. The van der Waals surface area contributed by atoms with Gasteiger partial charge < -0.3 is 19.3 Å². The van der Waals surface area contributed by atoms with E-state index in [4.69, 9.17) is 16.3 Å². The van der Waals surface area contributed by atoms with Crippen molar-refractivity contribution in [2.24, 2.45) is 0 Å². The highest BCUT2D eigenvalue weighted by molar-refractivity contribution is 6.30. The molecule has 2 aromatic carbocycles. The van der Waals surface area contributed by atoms with Gasteiger partial charge in [-0.3, -0.25) is 0 Å². The summed E-state index contributed by atoms with van der Waals surface area (Å²) < 4.78 is 7.31. The monoisotopic (exact) mass is 422 g/mol. The van der Waals surface area contributed by atoms with Crippen molar-refractivity contribution in [2.45, 2.75) is 20.4 Å². The first-order valence-corrected chi connectivity index (χ1v) is 9.16. The van der Waals surface area contributed by atoms with E-state index in [0.29, 0.717) is 22.7 Å². The number of aromatic hydroxyl groups is 1. The molecule has 0 radical (unpaired) electrons. The van der Waals surface area contributed by atoms with Gasteiger partial charge in [0.05, 0.1) is 17.7 Å². The number of halogens is 2. The van der Waals surface area contributed by atoms with Crippen molar-refractivity contribution in [3.05, 3.63) is 58.2 Å². The van der Waals surface area contributed by atoms with E-state index in [1.54, 1.807) is 13.0 Å². The molecular formula is C21H24Cl2N2O3. The fraction of sp³-hybridized carbons (Fsp3) is 0.286. The third kappa shape index (κ3) is 3.97. The SMILES string of the molecule is CCOC(=O)c1c(C)n(-c2ccc(Cl)cc2)c2ccc(O)c(CN(C)C)c12.Cl. The van der Waals surface area contributed by atoms with Crippen molar-refractivity contribution in [1.29, 1.82) is 0 Å². The number of ether oxygens (including phenoxy) is 1. The van der Waals surface area contributed by atoms with Gasteiger partial charge in [-0.2, -0.15) is 0 Å². The first-order valence-electron chi connectivity index (χ1n) is 8.78. The molecule has 0 aliphatic carbocycles. The molecule has 3 rings (SSSR count). The number of aromatic nitrogens is 1. The molecule has 28 heavy (non-hydrogen) atoms. The maximum absolute atomic E-state index is 12.8. The number of esters is 1. The number of nitrogens with zero attached hydrogens (tertiary/aromatic N) is 2. The lowest BCUT2D eigenvalue weighted by molar-refractivity contribution is 0.0527. The summed E-state index contributed by atoms with van der Waals surface area (Å²) in [4.78, 5) is 14.7. The van der Waals surface area contributed by atoms with Crippen molar-refractivity contribution in [3.63, 3.8) is 0 Å². The van der Waals surface area contributed by atoms with Gasteiger partial charge in [0.2, 0.25) is 0 Å². The van der Waals surface area contributed by atoms with Gasteiger partial charge in [0, 0.05) is 33.9 Å². The van der Waals surface area contributed by atoms with Crippen molar-refractivity contribution in [2.75, 3.05) is 20.7 Å². The van der Waals surface area contributed by atoms with E-state index in [1.807, 2.05) is 60.8 Å². The van der Waals surface area contributed by atoms with Gasteiger partial charge >= 0.3 is 5.97 Å². The molecule has 0 aliphatic heterocycles. The molecule has 0 saturated carbocycles. The van der Waals surface area contributed by atoms with Crippen LogP contribution in [0.1, 0.15) is 28.5 Å². The van der Waals surface area contributed by atoms with Crippen molar-refractivity contribution in [1.82, 2.24) is 9.47 Å². The first kappa shape index (κ1) is 22.1. The topological polar surface area (TPSA) is 54.7 Å². The summed E-state index contributed by atoms with van der Waals surface area (Å²) in [5.41, 5.74) is 3.67. The second kappa shape index (κ2) is 8.86. The van der Waals surface area contributed by atoms with Crippen LogP contribution in [0.2, 0.25) is 5.02 Å². The molecule has 0 bridgehead atoms. The molecule has 5 nitrogen and oxygen atoms in total. The predicted octanol–water partition coefficient (Wildman–Crippen LogP) is 4.96. The quantitative estimate of drug-likeness (QED) is 0.590. The summed E-state index contributed by atoms with van der Waals surface area (Å²) in [6.45, 7) is 4.45. The maximum Gasteiger partial charge on any atom is 0.340 e. The van der Waals surface area contributed by atoms with E-state index < -0.39 is 5.97 Å². The Morgan fingerprint density at radius 2 is 1.82 bits per heavy atom. The number of hydrogen-bond donors (Lipinski definition) is 1. The third-order valence-corrected chi connectivity index (χ3v) is 4.74. The number of hydrogen-bond acceptors (Lipinski definition) is 4. The van der Waals surface area contributed by atoms with Crippen molar-refractivity contribution < 1.29 is 14.6 Å². The Hall–Kier alpha value is -2.21. The fourth-order valence-electron chi connectivity index (χ4n) is 3.42. The smallest absolute Gasteiger partial charge is 0.340 e. The molecule has 0 atom stereocenters. The predicted molar refractivity (Wildman–Crippen MR) is 115 cm³/mol. The van der Waals surface area contributed by atoms with E-state index in [9.17, 15) is 9.90 Å². The lowest BCUT2D eigenvalue weighted by Gasteiger charge is -2.14. The molecule has 3 aromatic rings. The van der Waals surface area contributed by atoms with E-state index in [1.165, 1.54) is 0 Å². The molecule has 7 heteroatoms. The van der Waals surface area contributed by atoms with Crippen LogP contribution in [0.3, 0.4) is 0 Å². The minimum atomic E-state index is -0.390. The first-order chi connectivity index (χ1) is 12.8. The zero-order chi connectivity index (χ0) is 19.7. The summed E-state index contributed by atoms with van der Waals surface area (Å²) in [6.07, 6.45) is 0. The van der Waals surface area contributed by atoms with Gasteiger partial charge in [-0.05, 0) is 64.3 Å². The molecule has 150 valence electrons. The van der Waals surface area contributed by atoms with Crippen molar-refractivity contribution >= 4 is 40.9 Å². The van der Waals surface area contributed by atoms with E-state index in [-0.39, 0.29) is 24.8 Å². The Balaban J connectivity index is 0.00000280. The summed E-state index contributed by atoms with van der Waals surface area (Å²) in [5.74, 6) is -0.228. The second-order valence-electron chi connectivity index (χ2n) is 6.69. The molecule has 0 saturated heterocycles. The van der Waals surface area contributed by atoms with Crippen LogP contribution in [-0.4, -0.2) is 41.2 Å². The molecule has 0 aliphatic rings. The van der Waals surface area contributed by atoms with Gasteiger partial charge in [-0.25, -0.2) is 4.79 Å². The summed E-state index contributed by atoms with van der Waals surface area (Å²) in [7, 11) is 3.84. The number of phenolic OH excluding ortho intramolecular Hbond substituents is 1. The standard InChI is InChI=1S/C21H23ClN2O3.ClH/c1-5-27-21(26)19-13(2)24(15-8-6-14(22)7-9-15)17-10-11-18(25)16(20(17)19)12-23(3)4;/h6-11,25H,5,12H2,1-4H3;1H. The molecule has 1 aromatic heterocycles. The Morgan fingerprint density at radius 3 is 2.39 bits per heavy atom. The lowest BCUT2D eigenvalue weighted by atomic mass is 10.0. The molecule has 0 spiro atoms. The van der Waals surface area contributed by atoms with E-state index in [0.717, 1.165) is 22.3 Å². The van der Waals surface area contributed by atoms with Gasteiger partial charge in [0.1, 0.15) is 5.75 Å². The minimum Gasteiger partial charge on any atom is -0.508 e. The van der Waals surface area contributed by atoms with Crippen LogP contribution in [0, 0.1) is 6.92 Å². The second-order valence-corrected chi connectivity index (χ2v) is 7.12. The number of fused-ring (bicyclic) bond motifs is 1. The van der Waals surface area contributed by atoms with Crippen LogP contribution in [0.15, 0.2) is 36.4 Å². The number of rotatable bonds is 5.